The molecule has 30 aromatic rings. The van der Waals surface area contributed by atoms with Gasteiger partial charge in [0, 0.05) is 64.6 Å². The molecule has 0 unspecified atom stereocenters. The van der Waals surface area contributed by atoms with Crippen molar-refractivity contribution in [3.63, 3.8) is 0 Å². The number of nitrogens with zero attached hydrogens (tertiary/aromatic N) is 3. The topological polar surface area (TPSA) is 13.2 Å². The van der Waals surface area contributed by atoms with Crippen molar-refractivity contribution in [3.8, 4) is 167 Å². The molecule has 6 heterocycles. The zero-order chi connectivity index (χ0) is 96.9. The Bertz CT molecular complexity index is 10200. The molecule has 684 valence electrons. The molecule has 0 aliphatic rings. The molecular weight excluding hydrogens is 1770 g/mol. The average molecular weight is 1870 g/mol. The lowest BCUT2D eigenvalue weighted by atomic mass is 9.94. The van der Waals surface area contributed by atoms with Crippen LogP contribution in [0.4, 0.5) is 0 Å². The van der Waals surface area contributed by atoms with Crippen LogP contribution in [-0.2, 0) is 0 Å². The fourth-order valence-electron chi connectivity index (χ4n) is 23.2. The van der Waals surface area contributed by atoms with Crippen LogP contribution in [0.2, 0.25) is 0 Å². The van der Waals surface area contributed by atoms with Gasteiger partial charge >= 0.3 is 0 Å². The minimum Gasteiger partial charge on any atom is -0.308 e. The number of hydrogen-bond acceptors (Lipinski definition) is 0. The van der Waals surface area contributed by atoms with E-state index in [9.17, 15) is 0 Å². The van der Waals surface area contributed by atoms with Gasteiger partial charge < -0.3 is 13.2 Å². The molecule has 0 saturated carbocycles. The molecule has 0 fully saturated rings. The highest BCUT2D eigenvalue weighted by Gasteiger charge is 2.26. The van der Waals surface area contributed by atoms with E-state index in [1.54, 1.807) is 0 Å². The molecule has 6 aromatic heterocycles. The number of para-hydroxylation sites is 2. The van der Waals surface area contributed by atoms with Crippen LogP contribution in [0.5, 0.6) is 0 Å². The molecular formula is C144H93N3. The van der Waals surface area contributed by atoms with Gasteiger partial charge in [-0.25, -0.2) is 0 Å². The molecule has 0 radical (unpaired) electrons. The highest BCUT2D eigenvalue weighted by molar-refractivity contribution is 6.28. The van der Waals surface area contributed by atoms with E-state index in [0.717, 1.165) is 0 Å². The Morgan fingerprint density at radius 3 is 0.415 bits per heavy atom. The Balaban J connectivity index is 0.000000107. The maximum absolute atomic E-state index is 2.48. The maximum atomic E-state index is 2.48. The quantitative estimate of drug-likeness (QED) is 0.0971. The maximum Gasteiger partial charge on any atom is 0.0620 e. The second kappa shape index (κ2) is 36.0. The van der Waals surface area contributed by atoms with Gasteiger partial charge in [-0.1, -0.05) is 425 Å². The lowest BCUT2D eigenvalue weighted by molar-refractivity contribution is 1.37. The predicted molar refractivity (Wildman–Crippen MR) is 625 cm³/mol. The van der Waals surface area contributed by atoms with Crippen LogP contribution in [0, 0.1) is 0 Å². The van der Waals surface area contributed by atoms with Crippen molar-refractivity contribution >= 4 is 114 Å². The first-order valence-electron chi connectivity index (χ1n) is 50.8. The lowest BCUT2D eigenvalue weighted by Gasteiger charge is -2.10. The zero-order valence-corrected chi connectivity index (χ0v) is 80.5. The van der Waals surface area contributed by atoms with Gasteiger partial charge in [0.25, 0.3) is 0 Å². The number of fused-ring (bicyclic) bond motifs is 18. The van der Waals surface area contributed by atoms with Crippen molar-refractivity contribution in [2.24, 2.45) is 0 Å². The molecule has 30 rings (SSSR count). The van der Waals surface area contributed by atoms with E-state index in [1.807, 2.05) is 0 Å². The molecule has 0 aliphatic carbocycles. The summed E-state index contributed by atoms with van der Waals surface area (Å²) in [5.74, 6) is 0. The van der Waals surface area contributed by atoms with Crippen LogP contribution < -0.4 is 0 Å². The summed E-state index contributed by atoms with van der Waals surface area (Å²) in [5, 5.41) is 15.5. The summed E-state index contributed by atoms with van der Waals surface area (Å²) in [7, 11) is 0. The van der Waals surface area contributed by atoms with Gasteiger partial charge in [-0.2, -0.15) is 0 Å². The van der Waals surface area contributed by atoms with E-state index in [-0.39, 0.29) is 0 Å². The first-order valence-corrected chi connectivity index (χ1v) is 50.8. The van der Waals surface area contributed by atoms with E-state index in [2.05, 4.69) is 577 Å². The van der Waals surface area contributed by atoms with Gasteiger partial charge in [0.2, 0.25) is 0 Å². The first-order chi connectivity index (χ1) is 72.8. The summed E-state index contributed by atoms with van der Waals surface area (Å²) in [6.07, 6.45) is 0. The molecule has 147 heavy (non-hydrogen) atoms. The summed E-state index contributed by atoms with van der Waals surface area (Å²) >= 11 is 0. The van der Waals surface area contributed by atoms with Crippen molar-refractivity contribution in [2.75, 3.05) is 0 Å². The lowest BCUT2D eigenvalue weighted by Crippen LogP contribution is -1.85. The van der Waals surface area contributed by atoms with E-state index in [1.165, 1.54) is 281 Å². The molecule has 0 aliphatic heterocycles. The van der Waals surface area contributed by atoms with E-state index < -0.39 is 0 Å². The van der Waals surface area contributed by atoms with Crippen molar-refractivity contribution in [3.05, 3.63) is 564 Å². The Labute approximate surface area is 852 Å². The summed E-state index contributed by atoms with van der Waals surface area (Å²) in [6.45, 7) is 0. The van der Waals surface area contributed by atoms with E-state index in [4.69, 9.17) is 0 Å². The molecule has 0 N–H and O–H groups in total. The van der Waals surface area contributed by atoms with Crippen LogP contribution in [0.3, 0.4) is 0 Å². The highest BCUT2D eigenvalue weighted by atomic mass is 14.9. The molecule has 24 aromatic carbocycles. The summed E-state index contributed by atoms with van der Waals surface area (Å²) in [6, 6.07) is 206. The third-order valence-electron chi connectivity index (χ3n) is 30.3. The largest absolute Gasteiger partial charge is 0.308 e. The minimum atomic E-state index is 1.21. The molecule has 0 amide bonds. The van der Waals surface area contributed by atoms with E-state index in [0.29, 0.717) is 0 Å². The molecule has 0 spiro atoms. The third-order valence-corrected chi connectivity index (χ3v) is 30.3. The van der Waals surface area contributed by atoms with Crippen LogP contribution >= 0.6 is 0 Å². The first kappa shape index (κ1) is 85.6. The number of rotatable bonds is 15. The predicted octanol–water partition coefficient (Wildman–Crippen LogP) is 39.5. The van der Waals surface area contributed by atoms with Crippen LogP contribution in [-0.4, -0.2) is 13.2 Å². The van der Waals surface area contributed by atoms with Crippen LogP contribution in [0.1, 0.15) is 0 Å². The standard InChI is InChI=1S/C54H35N.C48H31N.C42H27N/c1-4-12-36(13-5-1)41-18-10-20-43(30-41)44-21-11-19-42(31-44)39-22-24-40(25-23-39)46-27-29-53-49(33-46)51-35-47(38-16-8-3-9-17-38)34-50-48-32-45(37-14-6-2-7-15-37)26-28-52(48)55(53)54(50)51;1-3-12-32(13-4-1)34-16-9-17-35(26-34)36-18-10-19-37(27-36)38-20-11-21-39(28-38)40-24-25-47-43(29-40)45-31-41(33-14-5-2-6-15-33)30-44-42-22-7-8-23-46(42)49(47)48(44)45;1-3-11-28(12-4-1)30-15-9-16-31(23-30)32-17-10-18-33(24-32)34-21-22-41-37(25-34)39-27-35(29-13-5-2-6-14-29)26-38-36-19-7-8-20-40(36)43(41)42(38)39/h1-35H;1-31H;1-27H. The van der Waals surface area contributed by atoms with Crippen LogP contribution in [0.15, 0.2) is 564 Å². The molecule has 0 atom stereocenters. The Kier molecular flexibility index (Phi) is 21.0. The zero-order valence-electron chi connectivity index (χ0n) is 80.5. The van der Waals surface area contributed by atoms with Crippen molar-refractivity contribution in [1.29, 1.82) is 0 Å². The average Bonchev–Trinajstić information content (AvgIpc) is 1.55. The van der Waals surface area contributed by atoms with Crippen molar-refractivity contribution < 1.29 is 0 Å². The Hall–Kier alpha value is -19.3. The van der Waals surface area contributed by atoms with Gasteiger partial charge in [0.15, 0.2) is 0 Å². The van der Waals surface area contributed by atoms with Crippen LogP contribution in [0.25, 0.3) is 281 Å². The minimum absolute atomic E-state index is 1.21. The summed E-state index contributed by atoms with van der Waals surface area (Å²) in [5.41, 5.74) is 48.2. The smallest absolute Gasteiger partial charge is 0.0620 e. The van der Waals surface area contributed by atoms with E-state index >= 15 is 0 Å². The van der Waals surface area contributed by atoms with Crippen molar-refractivity contribution in [1.82, 2.24) is 13.2 Å². The molecule has 3 heteroatoms. The monoisotopic (exact) mass is 1860 g/mol. The van der Waals surface area contributed by atoms with Gasteiger partial charge in [0.05, 0.1) is 49.7 Å². The molecule has 3 nitrogen and oxygen atoms in total. The summed E-state index contributed by atoms with van der Waals surface area (Å²) in [4.78, 5) is 0. The van der Waals surface area contributed by atoms with Gasteiger partial charge in [0.1, 0.15) is 0 Å². The fourth-order valence-corrected chi connectivity index (χ4v) is 23.2. The highest BCUT2D eigenvalue weighted by Crippen LogP contribution is 2.50. The second-order valence-corrected chi connectivity index (χ2v) is 38.9. The van der Waals surface area contributed by atoms with Crippen molar-refractivity contribution in [2.45, 2.75) is 0 Å². The Morgan fingerprint density at radius 2 is 0.204 bits per heavy atom. The third kappa shape index (κ3) is 15.3. The SMILES string of the molecule is c1ccc(-c2cccc(-c3cccc(-c4ccc(-c5ccc6c(c5)c5cc(-c7ccccc7)cc7c8cc(-c9ccccc9)ccc8n6c75)cc4)c3)c2)cc1.c1ccc(-c2cccc(-c3cccc(-c4ccc5c(c4)c4cc(-c6ccccc6)cc6c7ccccc7n5c64)c3)c2)cc1.c1ccc(-c2cccc(-c3cccc(-c4cccc(-c5ccc6c(c5)c5cc(-c7ccccc7)cc7c8ccccc8n6c75)c4)c3)c2)cc1. The van der Waals surface area contributed by atoms with Gasteiger partial charge in [-0.15, -0.1) is 0 Å². The fraction of sp³-hybridized carbons (Fsp3) is 0. The summed E-state index contributed by atoms with van der Waals surface area (Å²) < 4.78 is 7.40. The van der Waals surface area contributed by atoms with Gasteiger partial charge in [-0.3, -0.25) is 0 Å². The molecule has 0 bridgehead atoms. The normalized spacial score (nSPS) is 11.7. The number of benzene rings is 24. The number of hydrogen-bond donors (Lipinski definition) is 0. The number of aromatic nitrogens is 3. The van der Waals surface area contributed by atoms with Gasteiger partial charge in [-0.05, 0) is 306 Å². The second-order valence-electron chi connectivity index (χ2n) is 38.9. The molecule has 0 saturated heterocycles. The Morgan fingerprint density at radius 1 is 0.0748 bits per heavy atom.